The predicted molar refractivity (Wildman–Crippen MR) is 103 cm³/mol. The van der Waals surface area contributed by atoms with Crippen LogP contribution in [-0.4, -0.2) is 11.1 Å². The Morgan fingerprint density at radius 3 is 2.56 bits per heavy atom. The lowest BCUT2D eigenvalue weighted by molar-refractivity contribution is 0.0697. The van der Waals surface area contributed by atoms with Crippen LogP contribution in [-0.2, 0) is 13.2 Å². The maximum atomic E-state index is 12.9. The Morgan fingerprint density at radius 2 is 1.81 bits per heavy atom. The van der Waals surface area contributed by atoms with E-state index >= 15 is 0 Å². The molecule has 4 nitrogen and oxygen atoms in total. The molecule has 0 radical (unpaired) electrons. The third kappa shape index (κ3) is 5.07. The van der Waals surface area contributed by atoms with Crippen molar-refractivity contribution < 1.29 is 19.0 Å². The minimum Gasteiger partial charge on any atom is -0.489 e. The van der Waals surface area contributed by atoms with E-state index in [1.807, 2.05) is 31.2 Å². The van der Waals surface area contributed by atoms with Crippen LogP contribution in [0.2, 0.25) is 0 Å². The van der Waals surface area contributed by atoms with Gasteiger partial charge in [-0.05, 0) is 60.0 Å². The monoisotopic (exact) mass is 365 g/mol. The molecule has 3 rings (SSSR count). The molecule has 0 amide bonds. The number of carbonyl (C=O) groups is 1. The highest BCUT2D eigenvalue weighted by atomic mass is 19.1. The number of anilines is 1. The topological polar surface area (TPSA) is 58.6 Å². The summed E-state index contributed by atoms with van der Waals surface area (Å²) < 4.78 is 18.7. The lowest BCUT2D eigenvalue weighted by Crippen LogP contribution is -2.04. The number of hydrogen-bond donors (Lipinski definition) is 2. The quantitative estimate of drug-likeness (QED) is 0.617. The van der Waals surface area contributed by atoms with Gasteiger partial charge in [0.2, 0.25) is 0 Å². The Kier molecular flexibility index (Phi) is 5.71. The van der Waals surface area contributed by atoms with Crippen molar-refractivity contribution in [3.63, 3.8) is 0 Å². The molecule has 3 aromatic carbocycles. The van der Waals surface area contributed by atoms with Gasteiger partial charge in [-0.2, -0.15) is 0 Å². The molecule has 0 saturated heterocycles. The molecule has 2 N–H and O–H groups in total. The van der Waals surface area contributed by atoms with Gasteiger partial charge in [-0.3, -0.25) is 0 Å². The van der Waals surface area contributed by atoms with E-state index in [9.17, 15) is 9.18 Å². The smallest absolute Gasteiger partial charge is 0.335 e. The Bertz CT molecular complexity index is 939. The summed E-state index contributed by atoms with van der Waals surface area (Å²) in [6, 6.07) is 18.9. The number of aromatic carboxylic acids is 1. The van der Waals surface area contributed by atoms with Crippen LogP contribution in [0.5, 0.6) is 5.75 Å². The van der Waals surface area contributed by atoms with Gasteiger partial charge in [-0.1, -0.05) is 30.3 Å². The third-order valence-corrected chi connectivity index (χ3v) is 4.18. The van der Waals surface area contributed by atoms with Gasteiger partial charge in [-0.25, -0.2) is 9.18 Å². The molecule has 138 valence electrons. The van der Waals surface area contributed by atoms with Gasteiger partial charge in [0.25, 0.3) is 0 Å². The minimum absolute atomic E-state index is 0.250. The van der Waals surface area contributed by atoms with Crippen LogP contribution in [0.15, 0.2) is 66.7 Å². The van der Waals surface area contributed by atoms with Crippen LogP contribution >= 0.6 is 0 Å². The zero-order chi connectivity index (χ0) is 19.2. The van der Waals surface area contributed by atoms with Gasteiger partial charge >= 0.3 is 5.97 Å². The summed E-state index contributed by atoms with van der Waals surface area (Å²) in [5, 5.41) is 12.4. The summed E-state index contributed by atoms with van der Waals surface area (Å²) in [5.41, 5.74) is 3.91. The second-order valence-corrected chi connectivity index (χ2v) is 6.25. The number of carboxylic acids is 1. The van der Waals surface area contributed by atoms with Gasteiger partial charge in [0.15, 0.2) is 0 Å². The molecule has 5 heteroatoms. The summed E-state index contributed by atoms with van der Waals surface area (Å²) in [6.07, 6.45) is 0. The molecule has 0 aliphatic rings. The average molecular weight is 365 g/mol. The number of nitrogens with one attached hydrogen (secondary N) is 1. The van der Waals surface area contributed by atoms with Crippen molar-refractivity contribution in [2.75, 3.05) is 5.32 Å². The number of halogens is 1. The first-order valence-corrected chi connectivity index (χ1v) is 8.55. The molecule has 3 aromatic rings. The standard InChI is InChI=1S/C22H20FNO3/c1-15-5-8-18(22(25)26)12-21(15)24-13-17-3-2-4-20(11-17)27-14-16-6-9-19(23)10-7-16/h2-12,24H,13-14H2,1H3,(H,25,26). The molecule has 0 unspecified atom stereocenters. The van der Waals surface area contributed by atoms with Gasteiger partial charge < -0.3 is 15.2 Å². The Morgan fingerprint density at radius 1 is 1.04 bits per heavy atom. The lowest BCUT2D eigenvalue weighted by Gasteiger charge is -2.12. The molecular formula is C22H20FNO3. The van der Waals surface area contributed by atoms with Gasteiger partial charge in [0, 0.05) is 12.2 Å². The SMILES string of the molecule is Cc1ccc(C(=O)O)cc1NCc1cccc(OCc2ccc(F)cc2)c1. The summed E-state index contributed by atoms with van der Waals surface area (Å²) in [6.45, 7) is 2.82. The van der Waals surface area contributed by atoms with Crippen LogP contribution in [0, 0.1) is 12.7 Å². The van der Waals surface area contributed by atoms with Crippen molar-refractivity contribution in [3.05, 3.63) is 94.8 Å². The van der Waals surface area contributed by atoms with Crippen molar-refractivity contribution in [3.8, 4) is 5.75 Å². The number of rotatable bonds is 7. The van der Waals surface area contributed by atoms with Crippen LogP contribution in [0.25, 0.3) is 0 Å². The number of carboxylic acid groups (broad SMARTS) is 1. The van der Waals surface area contributed by atoms with Crippen molar-refractivity contribution >= 4 is 11.7 Å². The van der Waals surface area contributed by atoms with Gasteiger partial charge in [0.05, 0.1) is 5.56 Å². The molecule has 0 aliphatic heterocycles. The molecule has 0 saturated carbocycles. The molecule has 0 aliphatic carbocycles. The second-order valence-electron chi connectivity index (χ2n) is 6.25. The van der Waals surface area contributed by atoms with Gasteiger partial charge in [0.1, 0.15) is 18.2 Å². The highest BCUT2D eigenvalue weighted by Gasteiger charge is 2.06. The normalized spacial score (nSPS) is 10.4. The first kappa shape index (κ1) is 18.5. The largest absolute Gasteiger partial charge is 0.489 e. The second kappa shape index (κ2) is 8.36. The Hall–Kier alpha value is -3.34. The summed E-state index contributed by atoms with van der Waals surface area (Å²) in [4.78, 5) is 11.1. The first-order valence-electron chi connectivity index (χ1n) is 8.55. The molecular weight excluding hydrogens is 345 g/mol. The lowest BCUT2D eigenvalue weighted by atomic mass is 10.1. The van der Waals surface area contributed by atoms with E-state index in [2.05, 4.69) is 5.32 Å². The number of aryl methyl sites for hydroxylation is 1. The average Bonchev–Trinajstić information content (AvgIpc) is 2.67. The van der Waals surface area contributed by atoms with Crippen molar-refractivity contribution in [1.82, 2.24) is 0 Å². The molecule has 27 heavy (non-hydrogen) atoms. The van der Waals surface area contributed by atoms with E-state index in [-0.39, 0.29) is 11.4 Å². The zero-order valence-electron chi connectivity index (χ0n) is 14.9. The Balaban J connectivity index is 1.63. The van der Waals surface area contributed by atoms with E-state index < -0.39 is 5.97 Å². The third-order valence-electron chi connectivity index (χ3n) is 4.18. The predicted octanol–water partition coefficient (Wildman–Crippen LogP) is 5.02. The van der Waals surface area contributed by atoms with E-state index in [4.69, 9.17) is 9.84 Å². The van der Waals surface area contributed by atoms with Crippen molar-refractivity contribution in [2.24, 2.45) is 0 Å². The van der Waals surface area contributed by atoms with Gasteiger partial charge in [-0.15, -0.1) is 0 Å². The summed E-state index contributed by atoms with van der Waals surface area (Å²) in [7, 11) is 0. The van der Waals surface area contributed by atoms with E-state index in [1.54, 1.807) is 30.3 Å². The molecule has 0 heterocycles. The molecule has 0 bridgehead atoms. The van der Waals surface area contributed by atoms with Crippen LogP contribution < -0.4 is 10.1 Å². The molecule has 0 spiro atoms. The van der Waals surface area contributed by atoms with Crippen molar-refractivity contribution in [1.29, 1.82) is 0 Å². The number of hydrogen-bond acceptors (Lipinski definition) is 3. The molecule has 0 aromatic heterocycles. The Labute approximate surface area is 157 Å². The van der Waals surface area contributed by atoms with E-state index in [1.165, 1.54) is 12.1 Å². The number of ether oxygens (including phenoxy) is 1. The van der Waals surface area contributed by atoms with Crippen LogP contribution in [0.3, 0.4) is 0 Å². The van der Waals surface area contributed by atoms with Crippen LogP contribution in [0.4, 0.5) is 10.1 Å². The highest BCUT2D eigenvalue weighted by molar-refractivity contribution is 5.89. The van der Waals surface area contributed by atoms with E-state index in [0.717, 1.165) is 28.1 Å². The maximum Gasteiger partial charge on any atom is 0.335 e. The summed E-state index contributed by atoms with van der Waals surface area (Å²) >= 11 is 0. The summed E-state index contributed by atoms with van der Waals surface area (Å²) in [5.74, 6) is -0.502. The van der Waals surface area contributed by atoms with Crippen LogP contribution in [0.1, 0.15) is 27.0 Å². The molecule has 0 fully saturated rings. The maximum absolute atomic E-state index is 12.9. The van der Waals surface area contributed by atoms with Crippen molar-refractivity contribution in [2.45, 2.75) is 20.1 Å². The first-order chi connectivity index (χ1) is 13.0. The molecule has 0 atom stereocenters. The highest BCUT2D eigenvalue weighted by Crippen LogP contribution is 2.20. The fourth-order valence-electron chi connectivity index (χ4n) is 2.64. The zero-order valence-corrected chi connectivity index (χ0v) is 14.9. The van der Waals surface area contributed by atoms with E-state index in [0.29, 0.717) is 13.2 Å². The number of benzene rings is 3. The fraction of sp³-hybridized carbons (Fsp3) is 0.136. The fourth-order valence-corrected chi connectivity index (χ4v) is 2.64. The minimum atomic E-state index is -0.950.